The Labute approximate surface area is 152 Å². The molecule has 7 heteroatoms. The second-order valence-corrected chi connectivity index (χ2v) is 6.26. The molecular formula is C18H23ClN2O4. The van der Waals surface area contributed by atoms with E-state index >= 15 is 0 Å². The fourth-order valence-corrected chi connectivity index (χ4v) is 2.88. The lowest BCUT2D eigenvalue weighted by atomic mass is 9.94. The third-order valence-electron chi connectivity index (χ3n) is 3.66. The minimum absolute atomic E-state index is 0.264. The summed E-state index contributed by atoms with van der Waals surface area (Å²) in [5, 5.41) is 5.88. The maximum atomic E-state index is 12.6. The Morgan fingerprint density at radius 3 is 2.60 bits per heavy atom. The summed E-state index contributed by atoms with van der Waals surface area (Å²) < 4.78 is 10.8. The van der Waals surface area contributed by atoms with Gasteiger partial charge in [-0.25, -0.2) is 9.59 Å². The van der Waals surface area contributed by atoms with Crippen molar-refractivity contribution in [3.05, 3.63) is 40.1 Å². The van der Waals surface area contributed by atoms with Crippen LogP contribution in [0.4, 0.5) is 4.79 Å². The van der Waals surface area contributed by atoms with E-state index in [9.17, 15) is 9.59 Å². The van der Waals surface area contributed by atoms with Gasteiger partial charge in [-0.1, -0.05) is 24.6 Å². The van der Waals surface area contributed by atoms with Gasteiger partial charge in [0.25, 0.3) is 0 Å². The molecule has 0 radical (unpaired) electrons. The lowest BCUT2D eigenvalue weighted by molar-refractivity contribution is -0.143. The van der Waals surface area contributed by atoms with Gasteiger partial charge >= 0.3 is 12.0 Å². The minimum Gasteiger partial charge on any atom is -0.492 e. The average molecular weight is 367 g/mol. The molecule has 0 aromatic heterocycles. The van der Waals surface area contributed by atoms with Crippen LogP contribution in [0.1, 0.15) is 45.7 Å². The first-order valence-corrected chi connectivity index (χ1v) is 8.68. The van der Waals surface area contributed by atoms with Gasteiger partial charge in [-0.15, -0.1) is 0 Å². The number of hydrogen-bond acceptors (Lipinski definition) is 4. The Balaban J connectivity index is 2.46. The number of ether oxygens (including phenoxy) is 2. The predicted octanol–water partition coefficient (Wildman–Crippen LogP) is 3.71. The highest BCUT2D eigenvalue weighted by Gasteiger charge is 2.33. The number of benzene rings is 1. The molecule has 0 fully saturated rings. The number of nitrogens with one attached hydrogen (secondary N) is 2. The molecule has 1 unspecified atom stereocenters. The van der Waals surface area contributed by atoms with Crippen LogP contribution in [0.5, 0.6) is 5.75 Å². The van der Waals surface area contributed by atoms with Gasteiger partial charge in [0.1, 0.15) is 5.75 Å². The van der Waals surface area contributed by atoms with Gasteiger partial charge in [-0.2, -0.15) is 0 Å². The monoisotopic (exact) mass is 366 g/mol. The fourth-order valence-electron chi connectivity index (χ4n) is 2.63. The second kappa shape index (κ2) is 8.25. The first kappa shape index (κ1) is 19.1. The third kappa shape index (κ3) is 4.45. The Kier molecular flexibility index (Phi) is 6.31. The van der Waals surface area contributed by atoms with Crippen molar-refractivity contribution in [2.45, 2.75) is 46.3 Å². The highest BCUT2D eigenvalue weighted by atomic mass is 35.5. The number of carbonyl (C=O) groups excluding carboxylic acids is 2. The lowest BCUT2D eigenvalue weighted by Crippen LogP contribution is -2.46. The molecule has 1 atom stereocenters. The van der Waals surface area contributed by atoms with Gasteiger partial charge in [0, 0.05) is 5.70 Å². The number of urea groups is 1. The van der Waals surface area contributed by atoms with Crippen molar-refractivity contribution >= 4 is 23.6 Å². The Morgan fingerprint density at radius 1 is 1.32 bits per heavy atom. The van der Waals surface area contributed by atoms with Crippen LogP contribution in [0.15, 0.2) is 29.5 Å². The van der Waals surface area contributed by atoms with Crippen molar-refractivity contribution in [2.75, 3.05) is 6.61 Å². The van der Waals surface area contributed by atoms with Gasteiger partial charge < -0.3 is 20.1 Å². The van der Waals surface area contributed by atoms with Crippen LogP contribution in [-0.4, -0.2) is 24.7 Å². The summed E-state index contributed by atoms with van der Waals surface area (Å²) in [4.78, 5) is 24.6. The Morgan fingerprint density at radius 2 is 2.04 bits per heavy atom. The molecule has 2 rings (SSSR count). The van der Waals surface area contributed by atoms with Crippen molar-refractivity contribution < 1.29 is 19.1 Å². The van der Waals surface area contributed by atoms with Crippen molar-refractivity contribution in [1.29, 1.82) is 0 Å². The number of carbonyl (C=O) groups is 2. The van der Waals surface area contributed by atoms with Crippen LogP contribution in [0.3, 0.4) is 0 Å². The first-order chi connectivity index (χ1) is 11.9. The quantitative estimate of drug-likeness (QED) is 0.752. The maximum Gasteiger partial charge on any atom is 0.338 e. The molecule has 1 heterocycles. The van der Waals surface area contributed by atoms with Gasteiger partial charge in [0.05, 0.1) is 29.3 Å². The summed E-state index contributed by atoms with van der Waals surface area (Å²) in [5.74, 6) is 0.0912. The summed E-state index contributed by atoms with van der Waals surface area (Å²) in [6.45, 7) is 7.79. The molecule has 25 heavy (non-hydrogen) atoms. The molecule has 0 saturated heterocycles. The molecule has 1 aromatic rings. The normalized spacial score (nSPS) is 17.2. The Bertz CT molecular complexity index is 700. The fraction of sp³-hybridized carbons (Fsp3) is 0.444. The lowest BCUT2D eigenvalue weighted by Gasteiger charge is -2.29. The summed E-state index contributed by atoms with van der Waals surface area (Å²) in [6.07, 6.45) is 0.234. The zero-order valence-corrected chi connectivity index (χ0v) is 15.6. The van der Waals surface area contributed by atoms with E-state index in [1.807, 2.05) is 13.8 Å². The van der Waals surface area contributed by atoms with E-state index in [0.29, 0.717) is 40.6 Å². The first-order valence-electron chi connectivity index (χ1n) is 8.31. The number of amides is 2. The molecule has 1 aliphatic heterocycles. The van der Waals surface area contributed by atoms with E-state index in [4.69, 9.17) is 21.1 Å². The SMILES string of the molecule is CCOc1ccc(C2NC(=O)NC(CC)=C2C(=O)OC(C)C)cc1Cl. The van der Waals surface area contributed by atoms with E-state index in [1.54, 1.807) is 32.0 Å². The van der Waals surface area contributed by atoms with Crippen LogP contribution in [0, 0.1) is 0 Å². The molecule has 136 valence electrons. The Hall–Kier alpha value is -2.21. The van der Waals surface area contributed by atoms with Gasteiger partial charge in [0.2, 0.25) is 0 Å². The molecule has 0 aliphatic carbocycles. The van der Waals surface area contributed by atoms with E-state index in [1.165, 1.54) is 0 Å². The summed E-state index contributed by atoms with van der Waals surface area (Å²) in [5.41, 5.74) is 1.62. The zero-order chi connectivity index (χ0) is 18.6. The topological polar surface area (TPSA) is 76.7 Å². The third-order valence-corrected chi connectivity index (χ3v) is 3.95. The second-order valence-electron chi connectivity index (χ2n) is 5.85. The summed E-state index contributed by atoms with van der Waals surface area (Å²) >= 11 is 6.26. The molecule has 1 aliphatic rings. The molecule has 0 spiro atoms. The molecular weight excluding hydrogens is 344 g/mol. The van der Waals surface area contributed by atoms with Crippen LogP contribution in [0.25, 0.3) is 0 Å². The van der Waals surface area contributed by atoms with Gasteiger partial charge in [-0.05, 0) is 44.9 Å². The average Bonchev–Trinajstić information content (AvgIpc) is 2.55. The number of rotatable bonds is 6. The van der Waals surface area contributed by atoms with Crippen molar-refractivity contribution in [3.63, 3.8) is 0 Å². The van der Waals surface area contributed by atoms with E-state index in [0.717, 1.165) is 0 Å². The number of esters is 1. The number of halogens is 1. The van der Waals surface area contributed by atoms with Crippen LogP contribution >= 0.6 is 11.6 Å². The van der Waals surface area contributed by atoms with E-state index < -0.39 is 12.0 Å². The molecule has 0 bridgehead atoms. The predicted molar refractivity (Wildman–Crippen MR) is 95.6 cm³/mol. The van der Waals surface area contributed by atoms with E-state index in [-0.39, 0.29) is 12.1 Å². The highest BCUT2D eigenvalue weighted by Crippen LogP contribution is 2.33. The highest BCUT2D eigenvalue weighted by molar-refractivity contribution is 6.32. The molecule has 6 nitrogen and oxygen atoms in total. The smallest absolute Gasteiger partial charge is 0.338 e. The number of hydrogen-bond donors (Lipinski definition) is 2. The summed E-state index contributed by atoms with van der Waals surface area (Å²) in [6, 6.07) is 4.20. The van der Waals surface area contributed by atoms with Crippen LogP contribution in [0.2, 0.25) is 5.02 Å². The standard InChI is InChI=1S/C18H23ClN2O4/c1-5-13-15(17(22)25-10(3)4)16(21-18(23)20-13)11-7-8-14(24-6-2)12(19)9-11/h7-10,16H,5-6H2,1-4H3,(H2,20,21,23). The molecule has 1 aromatic carbocycles. The van der Waals surface area contributed by atoms with Crippen molar-refractivity contribution in [1.82, 2.24) is 10.6 Å². The molecule has 2 amide bonds. The van der Waals surface area contributed by atoms with Crippen LogP contribution in [-0.2, 0) is 9.53 Å². The molecule has 2 N–H and O–H groups in total. The van der Waals surface area contributed by atoms with Crippen LogP contribution < -0.4 is 15.4 Å². The van der Waals surface area contributed by atoms with Crippen molar-refractivity contribution in [3.8, 4) is 5.75 Å². The van der Waals surface area contributed by atoms with E-state index in [2.05, 4.69) is 10.6 Å². The van der Waals surface area contributed by atoms with Gasteiger partial charge in [-0.3, -0.25) is 0 Å². The zero-order valence-electron chi connectivity index (χ0n) is 14.8. The largest absolute Gasteiger partial charge is 0.492 e. The minimum atomic E-state index is -0.636. The number of allylic oxidation sites excluding steroid dienone is 1. The maximum absolute atomic E-state index is 12.6. The summed E-state index contributed by atoms with van der Waals surface area (Å²) in [7, 11) is 0. The van der Waals surface area contributed by atoms with Gasteiger partial charge in [0.15, 0.2) is 0 Å². The molecule has 0 saturated carbocycles. The van der Waals surface area contributed by atoms with Crippen molar-refractivity contribution in [2.24, 2.45) is 0 Å².